The summed E-state index contributed by atoms with van der Waals surface area (Å²) in [5.74, 6) is -0.363. The summed E-state index contributed by atoms with van der Waals surface area (Å²) in [7, 11) is -7.29. The minimum atomic E-state index is -3.66. The Labute approximate surface area is 184 Å². The lowest BCUT2D eigenvalue weighted by atomic mass is 10.2. The Bertz CT molecular complexity index is 1140. The molecule has 2 aromatic carbocycles. The highest BCUT2D eigenvalue weighted by Gasteiger charge is 2.31. The third kappa shape index (κ3) is 5.44. The number of sulfonamides is 2. The van der Waals surface area contributed by atoms with Crippen LogP contribution in [0.15, 0.2) is 53.4 Å². The predicted octanol–water partition coefficient (Wildman–Crippen LogP) is 1.60. The fraction of sp³-hybridized carbons (Fsp3) is 0.381. The topological polar surface area (TPSA) is 95.1 Å². The SMILES string of the molecule is Cc1ccc(N(CC(=O)N2CCN(S(=O)(=O)c3ccc(C)cc3)CC2)S(C)(=O)=O)cc1. The summed E-state index contributed by atoms with van der Waals surface area (Å²) < 4.78 is 52.6. The Morgan fingerprint density at radius 3 is 1.81 bits per heavy atom. The zero-order chi connectivity index (χ0) is 22.8. The summed E-state index contributed by atoms with van der Waals surface area (Å²) in [6.45, 7) is 4.18. The monoisotopic (exact) mass is 465 g/mol. The van der Waals surface area contributed by atoms with Gasteiger partial charge in [0.25, 0.3) is 0 Å². The van der Waals surface area contributed by atoms with Gasteiger partial charge in [-0.2, -0.15) is 4.31 Å². The van der Waals surface area contributed by atoms with E-state index < -0.39 is 20.0 Å². The average Bonchev–Trinajstić information content (AvgIpc) is 2.72. The van der Waals surface area contributed by atoms with Crippen molar-refractivity contribution in [3.8, 4) is 0 Å². The highest BCUT2D eigenvalue weighted by Crippen LogP contribution is 2.20. The molecular weight excluding hydrogens is 438 g/mol. The standard InChI is InChI=1S/C21H27N3O5S2/c1-17-4-8-19(9-5-17)24(30(3,26)27)16-21(25)22-12-14-23(15-13-22)31(28,29)20-10-6-18(2)7-11-20/h4-11H,12-16H2,1-3H3. The fourth-order valence-corrected chi connectivity index (χ4v) is 5.64. The van der Waals surface area contributed by atoms with Crippen molar-refractivity contribution in [3.63, 3.8) is 0 Å². The van der Waals surface area contributed by atoms with Gasteiger partial charge in [0.1, 0.15) is 6.54 Å². The van der Waals surface area contributed by atoms with Crippen molar-refractivity contribution in [3.05, 3.63) is 59.7 Å². The number of hydrogen-bond acceptors (Lipinski definition) is 5. The van der Waals surface area contributed by atoms with E-state index in [0.717, 1.165) is 21.7 Å². The smallest absolute Gasteiger partial charge is 0.243 e. The van der Waals surface area contributed by atoms with Gasteiger partial charge < -0.3 is 4.90 Å². The van der Waals surface area contributed by atoms with Gasteiger partial charge in [-0.3, -0.25) is 9.10 Å². The molecule has 1 saturated heterocycles. The van der Waals surface area contributed by atoms with Gasteiger partial charge in [-0.1, -0.05) is 35.4 Å². The van der Waals surface area contributed by atoms with E-state index >= 15 is 0 Å². The lowest BCUT2D eigenvalue weighted by Gasteiger charge is -2.35. The Balaban J connectivity index is 1.67. The molecule has 0 aliphatic carbocycles. The first-order valence-corrected chi connectivity index (χ1v) is 13.2. The maximum atomic E-state index is 12.8. The molecule has 0 N–H and O–H groups in total. The highest BCUT2D eigenvalue weighted by molar-refractivity contribution is 7.92. The number of carbonyl (C=O) groups is 1. The number of nitrogens with zero attached hydrogens (tertiary/aromatic N) is 3. The zero-order valence-corrected chi connectivity index (χ0v) is 19.5. The van der Waals surface area contributed by atoms with Crippen molar-refractivity contribution in [2.75, 3.05) is 43.3 Å². The second-order valence-electron chi connectivity index (χ2n) is 7.70. The number of aryl methyl sites for hydroxylation is 2. The zero-order valence-electron chi connectivity index (χ0n) is 17.9. The number of rotatable bonds is 6. The summed E-state index contributed by atoms with van der Waals surface area (Å²) in [5, 5.41) is 0. The molecule has 10 heteroatoms. The Hall–Kier alpha value is -2.43. The van der Waals surface area contributed by atoms with Crippen LogP contribution in [-0.2, 0) is 24.8 Å². The molecule has 3 rings (SSSR count). The van der Waals surface area contributed by atoms with Gasteiger partial charge in [0.2, 0.25) is 26.0 Å². The first-order valence-electron chi connectivity index (χ1n) is 9.87. The molecule has 1 aliphatic heterocycles. The molecule has 0 radical (unpaired) electrons. The number of benzene rings is 2. The van der Waals surface area contributed by atoms with E-state index in [1.165, 1.54) is 9.21 Å². The summed E-state index contributed by atoms with van der Waals surface area (Å²) in [6.07, 6.45) is 1.06. The molecule has 2 aromatic rings. The van der Waals surface area contributed by atoms with Crippen LogP contribution in [0.4, 0.5) is 5.69 Å². The largest absolute Gasteiger partial charge is 0.338 e. The lowest BCUT2D eigenvalue weighted by Crippen LogP contribution is -2.53. The Morgan fingerprint density at radius 1 is 0.839 bits per heavy atom. The van der Waals surface area contributed by atoms with Crippen molar-refractivity contribution in [2.45, 2.75) is 18.7 Å². The third-order valence-electron chi connectivity index (χ3n) is 5.25. The molecule has 1 aliphatic rings. The summed E-state index contributed by atoms with van der Waals surface area (Å²) >= 11 is 0. The van der Waals surface area contributed by atoms with Crippen molar-refractivity contribution < 1.29 is 21.6 Å². The number of anilines is 1. The van der Waals surface area contributed by atoms with Crippen LogP contribution in [0.5, 0.6) is 0 Å². The van der Waals surface area contributed by atoms with Gasteiger partial charge in [0.15, 0.2) is 0 Å². The van der Waals surface area contributed by atoms with Crippen LogP contribution in [0.2, 0.25) is 0 Å². The van der Waals surface area contributed by atoms with Gasteiger partial charge in [-0.25, -0.2) is 16.8 Å². The average molecular weight is 466 g/mol. The number of amides is 1. The van der Waals surface area contributed by atoms with Crippen LogP contribution in [0.3, 0.4) is 0 Å². The van der Waals surface area contributed by atoms with Crippen molar-refractivity contribution in [1.29, 1.82) is 0 Å². The second kappa shape index (κ2) is 8.97. The van der Waals surface area contributed by atoms with E-state index in [4.69, 9.17) is 0 Å². The number of carbonyl (C=O) groups excluding carboxylic acids is 1. The second-order valence-corrected chi connectivity index (χ2v) is 11.5. The molecule has 0 spiro atoms. The minimum absolute atomic E-state index is 0.158. The van der Waals surface area contributed by atoms with Crippen molar-refractivity contribution in [1.82, 2.24) is 9.21 Å². The molecule has 1 amide bonds. The van der Waals surface area contributed by atoms with E-state index in [9.17, 15) is 21.6 Å². The van der Waals surface area contributed by atoms with Gasteiger partial charge in [-0.15, -0.1) is 0 Å². The molecule has 168 valence electrons. The maximum absolute atomic E-state index is 12.8. The molecule has 8 nitrogen and oxygen atoms in total. The molecule has 0 bridgehead atoms. The highest BCUT2D eigenvalue weighted by atomic mass is 32.2. The number of piperazine rings is 1. The lowest BCUT2D eigenvalue weighted by molar-refractivity contribution is -0.130. The van der Waals surface area contributed by atoms with Gasteiger partial charge >= 0.3 is 0 Å². The van der Waals surface area contributed by atoms with Gasteiger partial charge in [-0.05, 0) is 38.1 Å². The van der Waals surface area contributed by atoms with Crippen molar-refractivity contribution >= 4 is 31.6 Å². The summed E-state index contributed by atoms with van der Waals surface area (Å²) in [4.78, 5) is 14.5. The molecule has 0 aromatic heterocycles. The first kappa shape index (κ1) is 23.2. The summed E-state index contributed by atoms with van der Waals surface area (Å²) in [6, 6.07) is 13.5. The normalized spacial score (nSPS) is 15.6. The molecule has 0 unspecified atom stereocenters. The van der Waals surface area contributed by atoms with Crippen LogP contribution in [0.25, 0.3) is 0 Å². The molecule has 0 saturated carbocycles. The van der Waals surface area contributed by atoms with Gasteiger partial charge in [0, 0.05) is 26.2 Å². The third-order valence-corrected chi connectivity index (χ3v) is 8.30. The predicted molar refractivity (Wildman–Crippen MR) is 120 cm³/mol. The van der Waals surface area contributed by atoms with E-state index in [-0.39, 0.29) is 43.5 Å². The molecule has 0 atom stereocenters. The Morgan fingerprint density at radius 2 is 1.32 bits per heavy atom. The van der Waals surface area contributed by atoms with Crippen LogP contribution < -0.4 is 4.31 Å². The molecule has 31 heavy (non-hydrogen) atoms. The van der Waals surface area contributed by atoms with E-state index in [1.807, 2.05) is 13.8 Å². The van der Waals surface area contributed by atoms with Crippen LogP contribution in [-0.4, -0.2) is 70.9 Å². The van der Waals surface area contributed by atoms with E-state index in [0.29, 0.717) is 5.69 Å². The van der Waals surface area contributed by atoms with E-state index in [1.54, 1.807) is 48.5 Å². The van der Waals surface area contributed by atoms with Crippen LogP contribution in [0.1, 0.15) is 11.1 Å². The Kier molecular flexibility index (Phi) is 6.73. The van der Waals surface area contributed by atoms with Crippen molar-refractivity contribution in [2.24, 2.45) is 0 Å². The fourth-order valence-electron chi connectivity index (χ4n) is 3.37. The molecular formula is C21H27N3O5S2. The summed E-state index contributed by atoms with van der Waals surface area (Å²) in [5.41, 5.74) is 2.37. The molecule has 1 heterocycles. The molecule has 1 fully saturated rings. The van der Waals surface area contributed by atoms with Crippen LogP contribution >= 0.6 is 0 Å². The number of hydrogen-bond donors (Lipinski definition) is 0. The quantitative estimate of drug-likeness (QED) is 0.646. The first-order chi connectivity index (χ1) is 14.5. The maximum Gasteiger partial charge on any atom is 0.243 e. The van der Waals surface area contributed by atoms with Gasteiger partial charge in [0.05, 0.1) is 16.8 Å². The minimum Gasteiger partial charge on any atom is -0.338 e. The van der Waals surface area contributed by atoms with Crippen LogP contribution in [0, 0.1) is 13.8 Å². The van der Waals surface area contributed by atoms with E-state index in [2.05, 4.69) is 0 Å².